The number of hydrogen-bond donors (Lipinski definition) is 0. The van der Waals surface area contributed by atoms with Gasteiger partial charge in [-0.25, -0.2) is 0 Å². The van der Waals surface area contributed by atoms with Crippen molar-refractivity contribution in [1.29, 1.82) is 0 Å². The Hall–Kier alpha value is -3.44. The van der Waals surface area contributed by atoms with Crippen LogP contribution in [0.3, 0.4) is 0 Å². The van der Waals surface area contributed by atoms with Crippen LogP contribution in [-0.2, 0) is 6.61 Å². The predicted octanol–water partition coefficient (Wildman–Crippen LogP) is 6.13. The molecule has 0 atom stereocenters. The molecule has 0 N–H and O–H groups in total. The van der Waals surface area contributed by atoms with E-state index in [2.05, 4.69) is 0 Å². The Morgan fingerprint density at radius 2 is 1.70 bits per heavy atom. The third-order valence-electron chi connectivity index (χ3n) is 4.57. The van der Waals surface area contributed by atoms with Crippen LogP contribution in [0.5, 0.6) is 23.0 Å². The second kappa shape index (κ2) is 8.51. The summed E-state index contributed by atoms with van der Waals surface area (Å²) < 4.78 is 22.7. The molecule has 0 aliphatic heterocycles. The Balaban J connectivity index is 1.60. The molecule has 1 aromatic heterocycles. The van der Waals surface area contributed by atoms with Gasteiger partial charge in [0.05, 0.1) is 12.5 Å². The van der Waals surface area contributed by atoms with Gasteiger partial charge in [-0.1, -0.05) is 29.8 Å². The molecule has 0 aliphatic carbocycles. The maximum atomic E-state index is 13.0. The van der Waals surface area contributed by atoms with E-state index in [4.69, 9.17) is 30.2 Å². The van der Waals surface area contributed by atoms with E-state index in [1.165, 1.54) is 0 Å². The van der Waals surface area contributed by atoms with Crippen molar-refractivity contribution in [3.05, 3.63) is 93.3 Å². The molecule has 0 aliphatic rings. The lowest BCUT2D eigenvalue weighted by Crippen LogP contribution is -2.07. The largest absolute Gasteiger partial charge is 0.497 e. The van der Waals surface area contributed by atoms with Crippen molar-refractivity contribution >= 4 is 22.6 Å². The number of fused-ring (bicyclic) bond motifs is 1. The average Bonchev–Trinajstić information content (AvgIpc) is 2.76. The van der Waals surface area contributed by atoms with Crippen LogP contribution < -0.4 is 19.6 Å². The highest BCUT2D eigenvalue weighted by molar-refractivity contribution is 6.30. The van der Waals surface area contributed by atoms with Crippen molar-refractivity contribution in [1.82, 2.24) is 0 Å². The topological polar surface area (TPSA) is 57.9 Å². The standard InChI is InChI=1S/C24H19ClO5/c1-15-24(30-20-5-3-4-18(12-20)27-2)23(26)21-11-10-19(13-22(21)29-15)28-14-16-6-8-17(25)9-7-16/h3-13H,14H2,1-2H3. The number of benzene rings is 3. The van der Waals surface area contributed by atoms with Crippen molar-refractivity contribution in [3.63, 3.8) is 0 Å². The number of rotatable bonds is 6. The number of halogens is 1. The summed E-state index contributed by atoms with van der Waals surface area (Å²) in [7, 11) is 1.57. The molecule has 0 saturated heterocycles. The number of hydrogen-bond acceptors (Lipinski definition) is 5. The van der Waals surface area contributed by atoms with Gasteiger partial charge in [-0.2, -0.15) is 0 Å². The van der Waals surface area contributed by atoms with E-state index in [0.29, 0.717) is 45.6 Å². The maximum absolute atomic E-state index is 13.0. The number of aryl methyl sites for hydroxylation is 1. The molecule has 5 nitrogen and oxygen atoms in total. The van der Waals surface area contributed by atoms with Crippen LogP contribution in [0.25, 0.3) is 11.0 Å². The fourth-order valence-electron chi connectivity index (χ4n) is 3.01. The van der Waals surface area contributed by atoms with Gasteiger partial charge in [0, 0.05) is 17.2 Å². The lowest BCUT2D eigenvalue weighted by Gasteiger charge is -2.11. The molecule has 3 aromatic carbocycles. The zero-order valence-corrected chi connectivity index (χ0v) is 17.2. The first-order valence-corrected chi connectivity index (χ1v) is 9.68. The minimum absolute atomic E-state index is 0.144. The summed E-state index contributed by atoms with van der Waals surface area (Å²) in [5, 5.41) is 1.09. The Morgan fingerprint density at radius 1 is 0.933 bits per heavy atom. The molecule has 6 heteroatoms. The predicted molar refractivity (Wildman–Crippen MR) is 116 cm³/mol. The summed E-state index contributed by atoms with van der Waals surface area (Å²) in [4.78, 5) is 13.0. The zero-order chi connectivity index (χ0) is 21.1. The summed E-state index contributed by atoms with van der Waals surface area (Å²) in [5.74, 6) is 2.25. The van der Waals surface area contributed by atoms with Crippen LogP contribution in [0.1, 0.15) is 11.3 Å². The van der Waals surface area contributed by atoms with Crippen molar-refractivity contribution < 1.29 is 18.6 Å². The monoisotopic (exact) mass is 422 g/mol. The molecule has 152 valence electrons. The highest BCUT2D eigenvalue weighted by Gasteiger charge is 2.15. The van der Waals surface area contributed by atoms with Gasteiger partial charge < -0.3 is 18.6 Å². The second-order valence-corrected chi connectivity index (χ2v) is 7.11. The molecule has 30 heavy (non-hydrogen) atoms. The molecule has 1 heterocycles. The van der Waals surface area contributed by atoms with Gasteiger partial charge in [0.2, 0.25) is 11.2 Å². The molecule has 4 aromatic rings. The molecule has 0 amide bonds. The van der Waals surface area contributed by atoms with Crippen molar-refractivity contribution in [2.24, 2.45) is 0 Å². The summed E-state index contributed by atoms with van der Waals surface area (Å²) in [6.45, 7) is 2.07. The van der Waals surface area contributed by atoms with E-state index in [1.54, 1.807) is 56.5 Å². The quantitative estimate of drug-likeness (QED) is 0.374. The Bertz CT molecular complexity index is 1240. The lowest BCUT2D eigenvalue weighted by atomic mass is 10.2. The summed E-state index contributed by atoms with van der Waals surface area (Å²) >= 11 is 5.90. The van der Waals surface area contributed by atoms with Gasteiger partial charge in [-0.15, -0.1) is 0 Å². The van der Waals surface area contributed by atoms with Crippen molar-refractivity contribution in [3.8, 4) is 23.0 Å². The van der Waals surface area contributed by atoms with Gasteiger partial charge in [0.1, 0.15) is 35.2 Å². The Labute approximate surface area is 178 Å². The van der Waals surface area contributed by atoms with Crippen LogP contribution in [0.2, 0.25) is 5.02 Å². The first-order chi connectivity index (χ1) is 14.5. The lowest BCUT2D eigenvalue weighted by molar-refractivity contribution is 0.306. The molecule has 0 spiro atoms. The highest BCUT2D eigenvalue weighted by Crippen LogP contribution is 2.29. The van der Waals surface area contributed by atoms with Crippen LogP contribution in [0, 0.1) is 6.92 Å². The first-order valence-electron chi connectivity index (χ1n) is 9.30. The molecule has 0 saturated carbocycles. The van der Waals surface area contributed by atoms with Gasteiger partial charge in [-0.05, 0) is 48.9 Å². The van der Waals surface area contributed by atoms with Gasteiger partial charge in [0.15, 0.2) is 0 Å². The van der Waals surface area contributed by atoms with Crippen LogP contribution in [-0.4, -0.2) is 7.11 Å². The maximum Gasteiger partial charge on any atom is 0.235 e. The molecule has 0 unspecified atom stereocenters. The molecular formula is C24H19ClO5. The van der Waals surface area contributed by atoms with E-state index in [0.717, 1.165) is 5.56 Å². The minimum Gasteiger partial charge on any atom is -0.497 e. The van der Waals surface area contributed by atoms with Gasteiger partial charge >= 0.3 is 0 Å². The number of methoxy groups -OCH3 is 1. The minimum atomic E-state index is -0.249. The normalized spacial score (nSPS) is 10.8. The van der Waals surface area contributed by atoms with Crippen molar-refractivity contribution in [2.75, 3.05) is 7.11 Å². The summed E-state index contributed by atoms with van der Waals surface area (Å²) in [6.07, 6.45) is 0. The molecule has 0 fully saturated rings. The average molecular weight is 423 g/mol. The smallest absolute Gasteiger partial charge is 0.235 e. The molecule has 4 rings (SSSR count). The summed E-state index contributed by atoms with van der Waals surface area (Å²) in [5.41, 5.74) is 1.17. The molecular weight excluding hydrogens is 404 g/mol. The van der Waals surface area contributed by atoms with E-state index < -0.39 is 0 Å². The Morgan fingerprint density at radius 3 is 2.47 bits per heavy atom. The molecule has 0 radical (unpaired) electrons. The fourth-order valence-corrected chi connectivity index (χ4v) is 3.13. The fraction of sp³-hybridized carbons (Fsp3) is 0.125. The van der Waals surface area contributed by atoms with E-state index in [9.17, 15) is 4.79 Å². The van der Waals surface area contributed by atoms with E-state index >= 15 is 0 Å². The number of ether oxygens (including phenoxy) is 3. The molecule has 0 bridgehead atoms. The van der Waals surface area contributed by atoms with E-state index in [1.807, 2.05) is 24.3 Å². The Kier molecular flexibility index (Phi) is 5.63. The third-order valence-corrected chi connectivity index (χ3v) is 4.82. The van der Waals surface area contributed by atoms with Crippen LogP contribution in [0.4, 0.5) is 0 Å². The second-order valence-electron chi connectivity index (χ2n) is 6.67. The van der Waals surface area contributed by atoms with Gasteiger partial charge in [0.25, 0.3) is 0 Å². The van der Waals surface area contributed by atoms with Gasteiger partial charge in [-0.3, -0.25) is 4.79 Å². The van der Waals surface area contributed by atoms with Crippen molar-refractivity contribution in [2.45, 2.75) is 13.5 Å². The van der Waals surface area contributed by atoms with Crippen LogP contribution in [0.15, 0.2) is 75.9 Å². The highest BCUT2D eigenvalue weighted by atomic mass is 35.5. The SMILES string of the molecule is COc1cccc(Oc2c(C)oc3cc(OCc4ccc(Cl)cc4)ccc3c2=O)c1. The first kappa shape index (κ1) is 19.9. The third kappa shape index (κ3) is 4.26. The summed E-state index contributed by atoms with van der Waals surface area (Å²) in [6, 6.07) is 19.6. The van der Waals surface area contributed by atoms with Crippen LogP contribution >= 0.6 is 11.6 Å². The zero-order valence-electron chi connectivity index (χ0n) is 16.5. The van der Waals surface area contributed by atoms with E-state index in [-0.39, 0.29) is 11.2 Å².